The highest BCUT2D eigenvalue weighted by Gasteiger charge is 2.79. The maximum absolute atomic E-state index is 14.8. The summed E-state index contributed by atoms with van der Waals surface area (Å²) in [5.74, 6) is -2.59. The number of rotatable bonds is 11. The first kappa shape index (κ1) is 30.3. The van der Waals surface area contributed by atoms with Gasteiger partial charge in [-0.15, -0.1) is 13.2 Å². The largest absolute Gasteiger partial charge is 0.394 e. The Balaban J connectivity index is 1.91. The lowest BCUT2D eigenvalue weighted by molar-refractivity contribution is -0.152. The summed E-state index contributed by atoms with van der Waals surface area (Å²) in [5, 5.41) is 11.0. The number of fused-ring (bicyclic) bond motifs is 1. The summed E-state index contributed by atoms with van der Waals surface area (Å²) in [6, 6.07) is 3.75. The number of hydrogen-bond donors (Lipinski definition) is 1. The maximum Gasteiger partial charge on any atom is 0.253 e. The molecule has 218 valence electrons. The average Bonchev–Trinajstić information content (AvgIpc) is 3.48. The van der Waals surface area contributed by atoms with Gasteiger partial charge >= 0.3 is 0 Å². The number of hydrogen-bond acceptors (Lipinski definition) is 5. The smallest absolute Gasteiger partial charge is 0.253 e. The van der Waals surface area contributed by atoms with Crippen molar-refractivity contribution in [1.82, 2.24) is 9.80 Å². The van der Waals surface area contributed by atoms with Crippen LogP contribution in [0.5, 0.6) is 0 Å². The van der Waals surface area contributed by atoms with Crippen LogP contribution < -0.4 is 4.90 Å². The molecule has 2 unspecified atom stereocenters. The monoisotopic (exact) mass is 571 g/mol. The Morgan fingerprint density at radius 2 is 1.93 bits per heavy atom. The van der Waals surface area contributed by atoms with Crippen molar-refractivity contribution in [3.8, 4) is 0 Å². The van der Waals surface area contributed by atoms with E-state index >= 15 is 0 Å². The lowest BCUT2D eigenvalue weighted by Crippen LogP contribution is -2.60. The van der Waals surface area contributed by atoms with Crippen LogP contribution in [0.4, 0.5) is 5.69 Å². The van der Waals surface area contributed by atoms with E-state index in [1.807, 2.05) is 39.8 Å². The molecule has 3 amide bonds. The third-order valence-electron chi connectivity index (χ3n) is 9.37. The lowest BCUT2D eigenvalue weighted by atomic mass is 9.66. The second-order valence-corrected chi connectivity index (χ2v) is 12.2. The van der Waals surface area contributed by atoms with E-state index < -0.39 is 35.1 Å². The number of ether oxygens (including phenoxy) is 1. The molecule has 0 saturated carbocycles. The number of amides is 3. The molecule has 0 aromatic heterocycles. The number of benzene rings is 1. The molecule has 40 heavy (non-hydrogen) atoms. The molecule has 3 fully saturated rings. The minimum Gasteiger partial charge on any atom is -0.394 e. The number of likely N-dealkylation sites (tertiary alicyclic amines) is 1. The fourth-order valence-corrected chi connectivity index (χ4v) is 7.57. The van der Waals surface area contributed by atoms with E-state index in [-0.39, 0.29) is 36.8 Å². The Kier molecular flexibility index (Phi) is 8.56. The number of carbonyl (C=O) groups excluding carboxylic acids is 3. The highest BCUT2D eigenvalue weighted by molar-refractivity contribution is 6.34. The van der Waals surface area contributed by atoms with E-state index in [0.29, 0.717) is 36.5 Å². The van der Waals surface area contributed by atoms with Crippen LogP contribution in [0.3, 0.4) is 0 Å². The van der Waals surface area contributed by atoms with Gasteiger partial charge in [-0.25, -0.2) is 0 Å². The fourth-order valence-electron chi connectivity index (χ4n) is 7.24. The Hall–Kier alpha value is -2.68. The topological polar surface area (TPSA) is 90.4 Å². The van der Waals surface area contributed by atoms with Gasteiger partial charge in [-0.2, -0.15) is 0 Å². The van der Waals surface area contributed by atoms with Crippen molar-refractivity contribution in [1.29, 1.82) is 0 Å². The van der Waals surface area contributed by atoms with Crippen LogP contribution in [0.25, 0.3) is 0 Å². The summed E-state index contributed by atoms with van der Waals surface area (Å²) in [4.78, 5) is 47.8. The molecular formula is C31H42ClN3O5. The number of halogens is 1. The van der Waals surface area contributed by atoms with E-state index in [1.165, 1.54) is 0 Å². The molecule has 7 atom stereocenters. The SMILES string of the molecule is C=CCN(C)C(=O)[C@@H]1[C@H]2C(=O)N([C@@H](CO)[C@@H](C)CC)C(C(=O)N(CC=C)c3c(C)cccc3Cl)C23CC[C@@]1(C)O3. The fraction of sp³-hybridized carbons (Fsp3) is 0.581. The van der Waals surface area contributed by atoms with E-state index in [9.17, 15) is 19.5 Å². The number of aliphatic hydroxyl groups excluding tert-OH is 1. The Morgan fingerprint density at radius 3 is 2.50 bits per heavy atom. The first-order valence-corrected chi connectivity index (χ1v) is 14.5. The molecule has 1 aromatic rings. The molecule has 3 aliphatic rings. The molecule has 9 heteroatoms. The maximum atomic E-state index is 14.8. The standard InChI is InChI=1S/C31H42ClN3O5/c1-8-16-33(7)27(37)23-24-28(38)35(22(18-36)19(4)10-3)26(31(24)15-14-30(23,6)40-31)29(39)34(17-9-2)25-20(5)12-11-13-21(25)32/h8-9,11-13,19,22-24,26,36H,1-2,10,14-18H2,3-7H3/t19-,22-,23-,24-,26?,30+,31?/m0/s1. The number of para-hydroxylation sites is 1. The molecule has 3 aliphatic heterocycles. The van der Waals surface area contributed by atoms with Gasteiger partial charge < -0.3 is 24.5 Å². The van der Waals surface area contributed by atoms with Crippen molar-refractivity contribution in [3.05, 3.63) is 54.1 Å². The highest BCUT2D eigenvalue weighted by atomic mass is 35.5. The number of carbonyl (C=O) groups is 3. The molecule has 2 bridgehead atoms. The van der Waals surface area contributed by atoms with Gasteiger partial charge in [0.05, 0.1) is 40.8 Å². The van der Waals surface area contributed by atoms with Gasteiger partial charge in [-0.1, -0.05) is 56.2 Å². The van der Waals surface area contributed by atoms with Crippen LogP contribution in [0.2, 0.25) is 5.02 Å². The molecule has 3 saturated heterocycles. The van der Waals surface area contributed by atoms with Crippen LogP contribution in [-0.4, -0.2) is 82.7 Å². The van der Waals surface area contributed by atoms with Gasteiger partial charge in [0.25, 0.3) is 5.91 Å². The van der Waals surface area contributed by atoms with Gasteiger partial charge in [-0.3, -0.25) is 14.4 Å². The zero-order valence-corrected chi connectivity index (χ0v) is 25.0. The molecule has 0 radical (unpaired) electrons. The van der Waals surface area contributed by atoms with E-state index in [2.05, 4.69) is 13.2 Å². The zero-order chi connectivity index (χ0) is 29.6. The van der Waals surface area contributed by atoms with Gasteiger partial charge in [-0.05, 0) is 44.2 Å². The van der Waals surface area contributed by atoms with Crippen molar-refractivity contribution >= 4 is 35.0 Å². The van der Waals surface area contributed by atoms with Gasteiger partial charge in [0.2, 0.25) is 11.8 Å². The number of likely N-dealkylation sites (N-methyl/N-ethyl adjacent to an activating group) is 1. The van der Waals surface area contributed by atoms with Gasteiger partial charge in [0, 0.05) is 20.1 Å². The van der Waals surface area contributed by atoms with Crippen molar-refractivity contribution in [3.63, 3.8) is 0 Å². The molecule has 1 N–H and O–H groups in total. The number of aryl methyl sites for hydroxylation is 1. The van der Waals surface area contributed by atoms with Crippen molar-refractivity contribution in [2.45, 2.75) is 70.2 Å². The van der Waals surface area contributed by atoms with Gasteiger partial charge in [0.15, 0.2) is 0 Å². The van der Waals surface area contributed by atoms with E-state index in [0.717, 1.165) is 5.56 Å². The molecule has 4 rings (SSSR count). The number of nitrogens with zero attached hydrogens (tertiary/aromatic N) is 3. The minimum absolute atomic E-state index is 0.0974. The summed E-state index contributed by atoms with van der Waals surface area (Å²) in [6.07, 6.45) is 4.94. The predicted octanol–water partition coefficient (Wildman–Crippen LogP) is 3.98. The second-order valence-electron chi connectivity index (χ2n) is 11.8. The van der Waals surface area contributed by atoms with Crippen LogP contribution >= 0.6 is 11.6 Å². The minimum atomic E-state index is -1.21. The normalized spacial score (nSPS) is 30.1. The Morgan fingerprint density at radius 1 is 1.25 bits per heavy atom. The molecule has 1 aromatic carbocycles. The first-order valence-electron chi connectivity index (χ1n) is 14.1. The molecule has 8 nitrogen and oxygen atoms in total. The molecule has 1 spiro atoms. The number of anilines is 1. The summed E-state index contributed by atoms with van der Waals surface area (Å²) in [7, 11) is 1.69. The summed E-state index contributed by atoms with van der Waals surface area (Å²) in [6.45, 7) is 15.5. The quantitative estimate of drug-likeness (QED) is 0.406. The third kappa shape index (κ3) is 4.48. The average molecular weight is 572 g/mol. The Labute approximate surface area is 242 Å². The van der Waals surface area contributed by atoms with Crippen molar-refractivity contribution < 1.29 is 24.2 Å². The summed E-state index contributed by atoms with van der Waals surface area (Å²) < 4.78 is 6.78. The van der Waals surface area contributed by atoms with Crippen LogP contribution in [0.1, 0.15) is 45.6 Å². The molecule has 0 aliphatic carbocycles. The van der Waals surface area contributed by atoms with Crippen molar-refractivity contribution in [2.75, 3.05) is 31.6 Å². The van der Waals surface area contributed by atoms with Crippen LogP contribution in [0, 0.1) is 24.7 Å². The van der Waals surface area contributed by atoms with Crippen molar-refractivity contribution in [2.24, 2.45) is 17.8 Å². The van der Waals surface area contributed by atoms with Gasteiger partial charge in [0.1, 0.15) is 11.6 Å². The molecule has 3 heterocycles. The van der Waals surface area contributed by atoms with Crippen LogP contribution in [0.15, 0.2) is 43.5 Å². The van der Waals surface area contributed by atoms with E-state index in [4.69, 9.17) is 16.3 Å². The number of aliphatic hydroxyl groups is 1. The lowest BCUT2D eigenvalue weighted by Gasteiger charge is -2.41. The third-order valence-corrected chi connectivity index (χ3v) is 9.68. The van der Waals surface area contributed by atoms with E-state index in [1.54, 1.807) is 40.0 Å². The second kappa shape index (κ2) is 11.3. The predicted molar refractivity (Wildman–Crippen MR) is 156 cm³/mol. The summed E-state index contributed by atoms with van der Waals surface area (Å²) in [5.41, 5.74) is -0.765. The first-order chi connectivity index (χ1) is 18.9. The highest BCUT2D eigenvalue weighted by Crippen LogP contribution is 2.64. The molecular weight excluding hydrogens is 530 g/mol. The van der Waals surface area contributed by atoms with Crippen LogP contribution in [-0.2, 0) is 19.1 Å². The Bertz CT molecular complexity index is 1190. The summed E-state index contributed by atoms with van der Waals surface area (Å²) >= 11 is 6.64. The zero-order valence-electron chi connectivity index (χ0n) is 24.2.